The van der Waals surface area contributed by atoms with E-state index >= 15 is 0 Å². The van der Waals surface area contributed by atoms with Gasteiger partial charge in [-0.05, 0) is 12.1 Å². The lowest BCUT2D eigenvalue weighted by Gasteiger charge is -1.93. The van der Waals surface area contributed by atoms with Crippen LogP contribution in [0.1, 0.15) is 10.5 Å². The van der Waals surface area contributed by atoms with E-state index in [2.05, 4.69) is 9.97 Å². The van der Waals surface area contributed by atoms with Gasteiger partial charge in [-0.3, -0.25) is 4.79 Å². The highest BCUT2D eigenvalue weighted by Gasteiger charge is 2.09. The number of nitrogens with one attached hydrogen (secondary N) is 2. The van der Waals surface area contributed by atoms with Gasteiger partial charge in [-0.15, -0.1) is 0 Å². The minimum Gasteiger partial charge on any atom is -0.506 e. The molecule has 0 atom stereocenters. The second-order valence-corrected chi connectivity index (χ2v) is 3.46. The Labute approximate surface area is 84.5 Å². The van der Waals surface area contributed by atoms with Gasteiger partial charge in [-0.1, -0.05) is 12.1 Å². The minimum atomic E-state index is 0.213. The van der Waals surface area contributed by atoms with Crippen molar-refractivity contribution < 1.29 is 9.90 Å². The zero-order valence-electron chi connectivity index (χ0n) is 7.74. The van der Waals surface area contributed by atoms with Gasteiger partial charge in [-0.2, -0.15) is 0 Å². The molecule has 0 unspecified atom stereocenters. The molecular weight excluding hydrogens is 192 g/mol. The maximum atomic E-state index is 10.6. The number of phenolic OH excluding ortho intramolecular Hbond substituents is 1. The Balaban J connectivity index is 2.50. The van der Waals surface area contributed by atoms with Crippen LogP contribution >= 0.6 is 0 Å². The van der Waals surface area contributed by atoms with Gasteiger partial charge in [0, 0.05) is 5.39 Å². The SMILES string of the molecule is O=Cc1cc2[nH]c3c(O)cccc3c2[nH]1. The Morgan fingerprint density at radius 1 is 1.20 bits per heavy atom. The van der Waals surface area contributed by atoms with Crippen LogP contribution in [0, 0.1) is 0 Å². The summed E-state index contributed by atoms with van der Waals surface area (Å²) in [5, 5.41) is 10.5. The first-order valence-corrected chi connectivity index (χ1v) is 4.57. The van der Waals surface area contributed by atoms with Crippen LogP contribution in [0.3, 0.4) is 0 Å². The molecule has 0 spiro atoms. The average Bonchev–Trinajstić information content (AvgIpc) is 2.76. The lowest BCUT2D eigenvalue weighted by atomic mass is 10.2. The van der Waals surface area contributed by atoms with Crippen molar-refractivity contribution in [3.05, 3.63) is 30.0 Å². The van der Waals surface area contributed by atoms with Gasteiger partial charge in [0.25, 0.3) is 0 Å². The summed E-state index contributed by atoms with van der Waals surface area (Å²) in [4.78, 5) is 16.6. The van der Waals surface area contributed by atoms with Gasteiger partial charge in [0.05, 0.1) is 22.2 Å². The number of benzene rings is 1. The molecule has 1 aromatic carbocycles. The number of hydrogen-bond donors (Lipinski definition) is 3. The molecule has 3 N–H and O–H groups in total. The van der Waals surface area contributed by atoms with Crippen LogP contribution in [0.25, 0.3) is 21.9 Å². The number of fused-ring (bicyclic) bond motifs is 3. The minimum absolute atomic E-state index is 0.213. The standard InChI is InChI=1S/C11H8N2O2/c14-5-6-4-8-10(12-6)7-2-1-3-9(15)11(7)13-8/h1-5,12-13,15H. The van der Waals surface area contributed by atoms with Gasteiger partial charge in [0.15, 0.2) is 6.29 Å². The quantitative estimate of drug-likeness (QED) is 0.527. The second-order valence-electron chi connectivity index (χ2n) is 3.46. The third-order valence-electron chi connectivity index (χ3n) is 2.54. The Morgan fingerprint density at radius 2 is 2.07 bits per heavy atom. The third-order valence-corrected chi connectivity index (χ3v) is 2.54. The van der Waals surface area contributed by atoms with E-state index in [0.29, 0.717) is 11.2 Å². The number of carbonyl (C=O) groups excluding carboxylic acids is 1. The highest BCUT2D eigenvalue weighted by atomic mass is 16.3. The van der Waals surface area contributed by atoms with Gasteiger partial charge < -0.3 is 15.1 Å². The summed E-state index contributed by atoms with van der Waals surface area (Å²) in [6.07, 6.45) is 0.766. The van der Waals surface area contributed by atoms with Crippen LogP contribution in [-0.2, 0) is 0 Å². The summed E-state index contributed by atoms with van der Waals surface area (Å²) in [6, 6.07) is 7.01. The molecule has 0 amide bonds. The molecular formula is C11H8N2O2. The number of para-hydroxylation sites is 1. The molecule has 0 aliphatic rings. The molecule has 0 bridgehead atoms. The van der Waals surface area contributed by atoms with Crippen LogP contribution in [0.5, 0.6) is 5.75 Å². The smallest absolute Gasteiger partial charge is 0.166 e. The molecule has 4 nitrogen and oxygen atoms in total. The van der Waals surface area contributed by atoms with Crippen LogP contribution in [-0.4, -0.2) is 21.4 Å². The molecule has 3 aromatic rings. The lowest BCUT2D eigenvalue weighted by Crippen LogP contribution is -1.77. The van der Waals surface area contributed by atoms with E-state index in [1.165, 1.54) is 0 Å². The summed E-state index contributed by atoms with van der Waals surface area (Å²) in [5.41, 5.74) is 2.90. The number of carbonyl (C=O) groups is 1. The van der Waals surface area contributed by atoms with Crippen molar-refractivity contribution in [2.75, 3.05) is 0 Å². The fourth-order valence-corrected chi connectivity index (χ4v) is 1.86. The summed E-state index contributed by atoms with van der Waals surface area (Å²) in [7, 11) is 0. The van der Waals surface area contributed by atoms with E-state index in [1.54, 1.807) is 18.2 Å². The fourth-order valence-electron chi connectivity index (χ4n) is 1.86. The van der Waals surface area contributed by atoms with Gasteiger partial charge in [0.2, 0.25) is 0 Å². The average molecular weight is 200 g/mol. The number of aromatic hydroxyl groups is 1. The van der Waals surface area contributed by atoms with E-state index in [-0.39, 0.29) is 5.75 Å². The molecule has 0 aliphatic heterocycles. The summed E-state index contributed by atoms with van der Waals surface area (Å²) in [5.74, 6) is 0.213. The summed E-state index contributed by atoms with van der Waals surface area (Å²) >= 11 is 0. The molecule has 2 aromatic heterocycles. The number of aldehydes is 1. The van der Waals surface area contributed by atoms with Crippen molar-refractivity contribution in [1.82, 2.24) is 9.97 Å². The number of aromatic nitrogens is 2. The maximum Gasteiger partial charge on any atom is 0.166 e. The van der Waals surface area contributed by atoms with Gasteiger partial charge >= 0.3 is 0 Å². The largest absolute Gasteiger partial charge is 0.506 e. The maximum absolute atomic E-state index is 10.6. The van der Waals surface area contributed by atoms with Crippen molar-refractivity contribution in [2.45, 2.75) is 0 Å². The first-order valence-electron chi connectivity index (χ1n) is 4.57. The molecule has 2 heterocycles. The third kappa shape index (κ3) is 0.985. The second kappa shape index (κ2) is 2.63. The van der Waals surface area contributed by atoms with Gasteiger partial charge in [0.1, 0.15) is 5.75 Å². The molecule has 74 valence electrons. The van der Waals surface area contributed by atoms with Gasteiger partial charge in [-0.25, -0.2) is 0 Å². The van der Waals surface area contributed by atoms with Crippen molar-refractivity contribution >= 4 is 28.2 Å². The van der Waals surface area contributed by atoms with Crippen LogP contribution in [0.2, 0.25) is 0 Å². The molecule has 0 saturated carbocycles. The van der Waals surface area contributed by atoms with Crippen LogP contribution < -0.4 is 0 Å². The van der Waals surface area contributed by atoms with Crippen molar-refractivity contribution in [3.8, 4) is 5.75 Å². The first kappa shape index (κ1) is 8.11. The molecule has 0 radical (unpaired) electrons. The normalized spacial score (nSPS) is 11.2. The fraction of sp³-hybridized carbons (Fsp3) is 0. The Kier molecular flexibility index (Phi) is 1.42. The van der Waals surface area contributed by atoms with E-state index in [9.17, 15) is 9.90 Å². The number of hydrogen-bond acceptors (Lipinski definition) is 2. The molecule has 0 aliphatic carbocycles. The molecule has 4 heteroatoms. The predicted octanol–water partition coefficient (Wildman–Crippen LogP) is 2.17. The van der Waals surface area contributed by atoms with Crippen molar-refractivity contribution in [2.24, 2.45) is 0 Å². The van der Waals surface area contributed by atoms with E-state index < -0.39 is 0 Å². The lowest BCUT2D eigenvalue weighted by molar-refractivity contribution is 0.112. The Hall–Kier alpha value is -2.23. The van der Waals surface area contributed by atoms with E-state index in [0.717, 1.165) is 22.7 Å². The Morgan fingerprint density at radius 3 is 2.87 bits per heavy atom. The topological polar surface area (TPSA) is 68.9 Å². The molecule has 3 rings (SSSR count). The van der Waals surface area contributed by atoms with Crippen molar-refractivity contribution in [1.29, 1.82) is 0 Å². The van der Waals surface area contributed by atoms with E-state index in [4.69, 9.17) is 0 Å². The Bertz CT molecular complexity index is 664. The predicted molar refractivity (Wildman–Crippen MR) is 57.2 cm³/mol. The number of rotatable bonds is 1. The van der Waals surface area contributed by atoms with Crippen LogP contribution in [0.4, 0.5) is 0 Å². The molecule has 0 saturated heterocycles. The zero-order chi connectivity index (χ0) is 10.4. The first-order chi connectivity index (χ1) is 7.29. The summed E-state index contributed by atoms with van der Waals surface area (Å²) < 4.78 is 0. The zero-order valence-corrected chi connectivity index (χ0v) is 7.74. The monoisotopic (exact) mass is 200 g/mol. The van der Waals surface area contributed by atoms with E-state index in [1.807, 2.05) is 6.07 Å². The highest BCUT2D eigenvalue weighted by molar-refractivity contribution is 6.08. The number of aromatic amines is 2. The van der Waals surface area contributed by atoms with Crippen molar-refractivity contribution in [3.63, 3.8) is 0 Å². The number of H-pyrrole nitrogens is 2. The highest BCUT2D eigenvalue weighted by Crippen LogP contribution is 2.30. The molecule has 15 heavy (non-hydrogen) atoms. The number of phenols is 1. The molecule has 0 fully saturated rings. The van der Waals surface area contributed by atoms with Crippen LogP contribution in [0.15, 0.2) is 24.3 Å². The summed E-state index contributed by atoms with van der Waals surface area (Å²) in [6.45, 7) is 0.